The first kappa shape index (κ1) is 15.3. The predicted molar refractivity (Wildman–Crippen MR) is 82.3 cm³/mol. The second kappa shape index (κ2) is 5.70. The standard InChI is InChI=1S/C16H27N3O/c1-15(2)5-7-16(20-3,8-6-15)14(18)10-12-11-19-9-4-13(12)17/h4,9,11,14H,5-8,10,18H2,1-3H3,(H2,17,19). The van der Waals surface area contributed by atoms with Crippen molar-refractivity contribution >= 4 is 5.69 Å². The summed E-state index contributed by atoms with van der Waals surface area (Å²) in [4.78, 5) is 4.14. The van der Waals surface area contributed by atoms with Gasteiger partial charge in [-0.25, -0.2) is 0 Å². The molecule has 1 heterocycles. The Labute approximate surface area is 121 Å². The first-order valence-corrected chi connectivity index (χ1v) is 7.38. The zero-order chi connectivity index (χ0) is 14.8. The van der Waals surface area contributed by atoms with Crippen LogP contribution in [0.15, 0.2) is 18.5 Å². The molecule has 0 aromatic carbocycles. The van der Waals surface area contributed by atoms with E-state index in [1.165, 1.54) is 0 Å². The lowest BCUT2D eigenvalue weighted by Crippen LogP contribution is -2.53. The number of hydrogen-bond donors (Lipinski definition) is 2. The average Bonchev–Trinajstić information content (AvgIpc) is 2.42. The molecule has 2 rings (SSSR count). The summed E-state index contributed by atoms with van der Waals surface area (Å²) in [5.41, 5.74) is 14.4. The molecule has 4 N–H and O–H groups in total. The van der Waals surface area contributed by atoms with E-state index in [4.69, 9.17) is 16.2 Å². The maximum absolute atomic E-state index is 6.48. The van der Waals surface area contributed by atoms with Gasteiger partial charge in [0.1, 0.15) is 0 Å². The third kappa shape index (κ3) is 3.13. The number of anilines is 1. The van der Waals surface area contributed by atoms with E-state index < -0.39 is 0 Å². The second-order valence-electron chi connectivity index (χ2n) is 6.82. The number of rotatable bonds is 4. The van der Waals surface area contributed by atoms with Crippen LogP contribution < -0.4 is 11.5 Å². The molecule has 1 saturated carbocycles. The van der Waals surface area contributed by atoms with Gasteiger partial charge in [0, 0.05) is 31.2 Å². The van der Waals surface area contributed by atoms with Crippen molar-refractivity contribution < 1.29 is 4.74 Å². The van der Waals surface area contributed by atoms with Crippen LogP contribution in [0.2, 0.25) is 0 Å². The number of nitrogens with zero attached hydrogens (tertiary/aromatic N) is 1. The molecule has 1 aliphatic carbocycles. The van der Waals surface area contributed by atoms with Crippen molar-refractivity contribution in [1.82, 2.24) is 4.98 Å². The van der Waals surface area contributed by atoms with Crippen molar-refractivity contribution in [3.63, 3.8) is 0 Å². The molecule has 4 heteroatoms. The van der Waals surface area contributed by atoms with Gasteiger partial charge in [-0.15, -0.1) is 0 Å². The van der Waals surface area contributed by atoms with E-state index in [1.54, 1.807) is 13.3 Å². The van der Waals surface area contributed by atoms with E-state index in [0.29, 0.717) is 11.8 Å². The van der Waals surface area contributed by atoms with Gasteiger partial charge in [-0.1, -0.05) is 13.8 Å². The molecule has 1 unspecified atom stereocenters. The Morgan fingerprint density at radius 1 is 1.30 bits per heavy atom. The summed E-state index contributed by atoms with van der Waals surface area (Å²) in [6, 6.07) is 1.78. The lowest BCUT2D eigenvalue weighted by molar-refractivity contribution is -0.0781. The van der Waals surface area contributed by atoms with Gasteiger partial charge in [0.2, 0.25) is 0 Å². The molecule has 4 nitrogen and oxygen atoms in total. The first-order chi connectivity index (χ1) is 9.38. The van der Waals surface area contributed by atoms with E-state index >= 15 is 0 Å². The van der Waals surface area contributed by atoms with Crippen LogP contribution >= 0.6 is 0 Å². The predicted octanol–water partition coefficient (Wildman–Crippen LogP) is 2.52. The largest absolute Gasteiger partial charge is 0.398 e. The van der Waals surface area contributed by atoms with Crippen LogP contribution in [0.1, 0.15) is 45.1 Å². The SMILES string of the molecule is COC1(C(N)Cc2cnccc2N)CCC(C)(C)CC1. The highest BCUT2D eigenvalue weighted by molar-refractivity contribution is 5.44. The minimum atomic E-state index is -0.224. The van der Waals surface area contributed by atoms with Crippen LogP contribution in [0.3, 0.4) is 0 Å². The lowest BCUT2D eigenvalue weighted by atomic mass is 9.68. The molecular weight excluding hydrogens is 250 g/mol. The van der Waals surface area contributed by atoms with Crippen LogP contribution in [0, 0.1) is 5.41 Å². The molecule has 0 radical (unpaired) electrons. The van der Waals surface area contributed by atoms with Crippen LogP contribution in [0.4, 0.5) is 5.69 Å². The number of nitrogen functional groups attached to an aromatic ring is 1. The molecule has 0 aliphatic heterocycles. The number of pyridine rings is 1. The molecule has 0 amide bonds. The molecule has 20 heavy (non-hydrogen) atoms. The fourth-order valence-electron chi connectivity index (χ4n) is 3.11. The Morgan fingerprint density at radius 3 is 2.50 bits per heavy atom. The maximum Gasteiger partial charge on any atom is 0.0832 e. The highest BCUT2D eigenvalue weighted by Gasteiger charge is 2.42. The number of ether oxygens (including phenoxy) is 1. The fraction of sp³-hybridized carbons (Fsp3) is 0.688. The quantitative estimate of drug-likeness (QED) is 0.887. The van der Waals surface area contributed by atoms with Gasteiger partial charge in [-0.3, -0.25) is 4.98 Å². The zero-order valence-electron chi connectivity index (χ0n) is 12.9. The highest BCUT2D eigenvalue weighted by atomic mass is 16.5. The van der Waals surface area contributed by atoms with Gasteiger partial charge in [0.25, 0.3) is 0 Å². The number of methoxy groups -OCH3 is 1. The topological polar surface area (TPSA) is 74.2 Å². The van der Waals surface area contributed by atoms with Crippen LogP contribution in [0.5, 0.6) is 0 Å². The molecule has 0 saturated heterocycles. The normalized spacial score (nSPS) is 22.4. The first-order valence-electron chi connectivity index (χ1n) is 7.38. The minimum absolute atomic E-state index is 0.0462. The van der Waals surface area contributed by atoms with E-state index in [2.05, 4.69) is 18.8 Å². The Bertz CT molecular complexity index is 449. The number of hydrogen-bond acceptors (Lipinski definition) is 4. The van der Waals surface area contributed by atoms with Gasteiger partial charge in [0.05, 0.1) is 5.60 Å². The molecule has 1 atom stereocenters. The second-order valence-corrected chi connectivity index (χ2v) is 6.82. The van der Waals surface area contributed by atoms with Gasteiger partial charge in [-0.2, -0.15) is 0 Å². The van der Waals surface area contributed by atoms with Crippen molar-refractivity contribution in [2.75, 3.05) is 12.8 Å². The summed E-state index contributed by atoms with van der Waals surface area (Å²) in [6.45, 7) is 4.63. The van der Waals surface area contributed by atoms with Crippen molar-refractivity contribution in [1.29, 1.82) is 0 Å². The molecular formula is C16H27N3O. The van der Waals surface area contributed by atoms with Crippen LogP contribution in [0.25, 0.3) is 0 Å². The molecule has 1 fully saturated rings. The van der Waals surface area contributed by atoms with Crippen LogP contribution in [-0.2, 0) is 11.2 Å². The maximum atomic E-state index is 6.48. The summed E-state index contributed by atoms with van der Waals surface area (Å²) in [5, 5.41) is 0. The molecule has 1 aromatic heterocycles. The number of aromatic nitrogens is 1. The Kier molecular flexibility index (Phi) is 4.35. The third-order valence-corrected chi connectivity index (χ3v) is 4.91. The monoisotopic (exact) mass is 277 g/mol. The van der Waals surface area contributed by atoms with Crippen molar-refractivity contribution in [2.45, 2.75) is 57.6 Å². The fourth-order valence-corrected chi connectivity index (χ4v) is 3.11. The Morgan fingerprint density at radius 2 is 1.95 bits per heavy atom. The van der Waals surface area contributed by atoms with E-state index in [0.717, 1.165) is 36.9 Å². The summed E-state index contributed by atoms with van der Waals surface area (Å²) in [5.74, 6) is 0. The Balaban J connectivity index is 2.10. The molecule has 0 bridgehead atoms. The van der Waals surface area contributed by atoms with E-state index in [-0.39, 0.29) is 11.6 Å². The van der Waals surface area contributed by atoms with E-state index in [1.807, 2.05) is 12.3 Å². The summed E-state index contributed by atoms with van der Waals surface area (Å²) in [7, 11) is 1.78. The lowest BCUT2D eigenvalue weighted by Gasteiger charge is -2.46. The number of nitrogens with two attached hydrogens (primary N) is 2. The van der Waals surface area contributed by atoms with Crippen molar-refractivity contribution in [3.05, 3.63) is 24.0 Å². The smallest absolute Gasteiger partial charge is 0.0832 e. The highest BCUT2D eigenvalue weighted by Crippen LogP contribution is 2.43. The van der Waals surface area contributed by atoms with E-state index in [9.17, 15) is 0 Å². The van der Waals surface area contributed by atoms with Crippen LogP contribution in [-0.4, -0.2) is 23.7 Å². The molecule has 1 aliphatic rings. The average molecular weight is 277 g/mol. The van der Waals surface area contributed by atoms with Gasteiger partial charge in [0.15, 0.2) is 0 Å². The minimum Gasteiger partial charge on any atom is -0.398 e. The molecule has 1 aromatic rings. The van der Waals surface area contributed by atoms with Crippen molar-refractivity contribution in [3.8, 4) is 0 Å². The van der Waals surface area contributed by atoms with Crippen molar-refractivity contribution in [2.24, 2.45) is 11.1 Å². The molecule has 0 spiro atoms. The van der Waals surface area contributed by atoms with Gasteiger partial charge >= 0.3 is 0 Å². The Hall–Kier alpha value is -1.13. The molecule has 112 valence electrons. The summed E-state index contributed by atoms with van der Waals surface area (Å²) < 4.78 is 5.86. The zero-order valence-corrected chi connectivity index (χ0v) is 12.9. The van der Waals surface area contributed by atoms with Gasteiger partial charge < -0.3 is 16.2 Å². The summed E-state index contributed by atoms with van der Waals surface area (Å²) in [6.07, 6.45) is 8.56. The summed E-state index contributed by atoms with van der Waals surface area (Å²) >= 11 is 0. The van der Waals surface area contributed by atoms with Gasteiger partial charge in [-0.05, 0) is 49.1 Å². The third-order valence-electron chi connectivity index (χ3n) is 4.91.